The van der Waals surface area contributed by atoms with Crippen molar-refractivity contribution in [3.8, 4) is 0 Å². The molecule has 0 saturated heterocycles. The molecule has 3 unspecified atom stereocenters. The van der Waals surface area contributed by atoms with Crippen LogP contribution in [0.3, 0.4) is 0 Å². The van der Waals surface area contributed by atoms with Crippen LogP contribution in [0.1, 0.15) is 73.1 Å². The van der Waals surface area contributed by atoms with Crippen LogP contribution in [0.4, 0.5) is 0 Å². The normalized spacial score (nSPS) is 37.3. The molecule has 19 heavy (non-hydrogen) atoms. The van der Waals surface area contributed by atoms with Gasteiger partial charge in [-0.05, 0) is 37.0 Å². The standard InChI is InChI=1S/C17H30O2/c1-6-7-8-12(2)15(18)19-14-11-13-9-10-17(14,5)16(13,3)4/h12-14H,6-11H2,1-5H3/t12-,13?,14?,17?/m0/s1. The Kier molecular flexibility index (Phi) is 3.99. The Labute approximate surface area is 118 Å². The second-order valence-corrected chi connectivity index (χ2v) is 7.58. The number of ether oxygens (including phenoxy) is 1. The predicted molar refractivity (Wildman–Crippen MR) is 77.8 cm³/mol. The fraction of sp³-hybridized carbons (Fsp3) is 0.941. The Hall–Kier alpha value is -0.530. The Balaban J connectivity index is 1.96. The summed E-state index contributed by atoms with van der Waals surface area (Å²) < 4.78 is 5.90. The summed E-state index contributed by atoms with van der Waals surface area (Å²) >= 11 is 0. The van der Waals surface area contributed by atoms with Gasteiger partial charge < -0.3 is 4.74 Å². The van der Waals surface area contributed by atoms with Gasteiger partial charge in [0, 0.05) is 5.41 Å². The first-order valence-electron chi connectivity index (χ1n) is 8.03. The van der Waals surface area contributed by atoms with Gasteiger partial charge in [0.1, 0.15) is 6.10 Å². The largest absolute Gasteiger partial charge is 0.462 e. The topological polar surface area (TPSA) is 26.3 Å². The molecule has 0 spiro atoms. The van der Waals surface area contributed by atoms with Crippen molar-refractivity contribution in [2.24, 2.45) is 22.7 Å². The van der Waals surface area contributed by atoms with E-state index >= 15 is 0 Å². The minimum Gasteiger partial charge on any atom is -0.462 e. The lowest BCUT2D eigenvalue weighted by atomic mass is 9.70. The van der Waals surface area contributed by atoms with Crippen molar-refractivity contribution >= 4 is 5.97 Å². The molecule has 2 fully saturated rings. The molecule has 0 amide bonds. The van der Waals surface area contributed by atoms with Crippen LogP contribution >= 0.6 is 0 Å². The highest BCUT2D eigenvalue weighted by atomic mass is 16.5. The first kappa shape index (κ1) is 14.9. The van der Waals surface area contributed by atoms with Crippen molar-refractivity contribution in [2.45, 2.75) is 79.2 Å². The average molecular weight is 266 g/mol. The van der Waals surface area contributed by atoms with E-state index in [-0.39, 0.29) is 23.4 Å². The lowest BCUT2D eigenvalue weighted by molar-refractivity contribution is -0.161. The highest BCUT2D eigenvalue weighted by Gasteiger charge is 2.62. The molecule has 0 aromatic heterocycles. The van der Waals surface area contributed by atoms with Crippen LogP contribution in [-0.2, 0) is 9.53 Å². The summed E-state index contributed by atoms with van der Waals surface area (Å²) in [5.74, 6) is 0.829. The fourth-order valence-corrected chi connectivity index (χ4v) is 4.19. The summed E-state index contributed by atoms with van der Waals surface area (Å²) in [6.45, 7) is 11.2. The van der Waals surface area contributed by atoms with Crippen LogP contribution in [0.2, 0.25) is 0 Å². The molecule has 0 aromatic rings. The molecule has 2 bridgehead atoms. The number of carbonyl (C=O) groups excluding carboxylic acids is 1. The van der Waals surface area contributed by atoms with E-state index in [1.54, 1.807) is 0 Å². The summed E-state index contributed by atoms with van der Waals surface area (Å²) in [6, 6.07) is 0. The van der Waals surface area contributed by atoms with Crippen LogP contribution in [0.25, 0.3) is 0 Å². The Bertz CT molecular complexity index is 347. The zero-order valence-electron chi connectivity index (χ0n) is 13.3. The van der Waals surface area contributed by atoms with E-state index < -0.39 is 0 Å². The minimum absolute atomic E-state index is 0.0306. The van der Waals surface area contributed by atoms with Gasteiger partial charge in [0.15, 0.2) is 0 Å². The molecule has 4 atom stereocenters. The summed E-state index contributed by atoms with van der Waals surface area (Å²) in [6.07, 6.45) is 6.98. The maximum Gasteiger partial charge on any atom is 0.308 e. The molecular weight excluding hydrogens is 236 g/mol. The molecule has 0 N–H and O–H groups in total. The third-order valence-electron chi connectivity index (χ3n) is 6.37. The number of fused-ring (bicyclic) bond motifs is 2. The molecule has 0 radical (unpaired) electrons. The molecule has 2 saturated carbocycles. The lowest BCUT2D eigenvalue weighted by Gasteiger charge is -2.38. The summed E-state index contributed by atoms with van der Waals surface area (Å²) in [5, 5.41) is 0. The fourth-order valence-electron chi connectivity index (χ4n) is 4.19. The summed E-state index contributed by atoms with van der Waals surface area (Å²) in [4.78, 5) is 12.2. The molecule has 0 heterocycles. The van der Waals surface area contributed by atoms with Gasteiger partial charge in [0.2, 0.25) is 0 Å². The monoisotopic (exact) mass is 266 g/mol. The van der Waals surface area contributed by atoms with Gasteiger partial charge in [-0.25, -0.2) is 0 Å². The first-order valence-corrected chi connectivity index (χ1v) is 8.03. The number of carbonyl (C=O) groups is 1. The zero-order chi connectivity index (χ0) is 14.3. The number of unbranched alkanes of at least 4 members (excludes halogenated alkanes) is 1. The summed E-state index contributed by atoms with van der Waals surface area (Å²) in [7, 11) is 0. The highest BCUT2D eigenvalue weighted by molar-refractivity contribution is 5.72. The van der Waals surface area contributed by atoms with Gasteiger partial charge in [0.25, 0.3) is 0 Å². The van der Waals surface area contributed by atoms with Crippen LogP contribution in [0.15, 0.2) is 0 Å². The minimum atomic E-state index is 0.0306. The second kappa shape index (κ2) is 5.10. The first-order chi connectivity index (χ1) is 8.83. The Morgan fingerprint density at radius 1 is 1.37 bits per heavy atom. The Morgan fingerprint density at radius 2 is 2.05 bits per heavy atom. The van der Waals surface area contributed by atoms with Crippen LogP contribution < -0.4 is 0 Å². The van der Waals surface area contributed by atoms with E-state index in [1.807, 2.05) is 6.92 Å². The van der Waals surface area contributed by atoms with E-state index in [9.17, 15) is 4.79 Å². The molecular formula is C17H30O2. The van der Waals surface area contributed by atoms with E-state index in [4.69, 9.17) is 4.74 Å². The number of esters is 1. The van der Waals surface area contributed by atoms with Crippen molar-refractivity contribution in [1.29, 1.82) is 0 Å². The third-order valence-corrected chi connectivity index (χ3v) is 6.37. The van der Waals surface area contributed by atoms with Crippen molar-refractivity contribution < 1.29 is 9.53 Å². The average Bonchev–Trinajstić information content (AvgIpc) is 2.68. The van der Waals surface area contributed by atoms with Gasteiger partial charge in [-0.1, -0.05) is 47.5 Å². The Morgan fingerprint density at radius 3 is 2.53 bits per heavy atom. The number of hydrogen-bond acceptors (Lipinski definition) is 2. The van der Waals surface area contributed by atoms with Gasteiger partial charge in [0.05, 0.1) is 5.92 Å². The summed E-state index contributed by atoms with van der Waals surface area (Å²) in [5.41, 5.74) is 0.516. The predicted octanol–water partition coefficient (Wildman–Crippen LogP) is 4.57. The lowest BCUT2D eigenvalue weighted by Crippen LogP contribution is -2.39. The third kappa shape index (κ3) is 2.32. The number of hydrogen-bond donors (Lipinski definition) is 0. The van der Waals surface area contributed by atoms with Gasteiger partial charge >= 0.3 is 5.97 Å². The molecule has 2 rings (SSSR count). The van der Waals surface area contributed by atoms with Crippen molar-refractivity contribution in [2.75, 3.05) is 0 Å². The molecule has 0 aromatic carbocycles. The quantitative estimate of drug-likeness (QED) is 0.681. The van der Waals surface area contributed by atoms with Gasteiger partial charge in [-0.2, -0.15) is 0 Å². The van der Waals surface area contributed by atoms with E-state index in [0.717, 1.165) is 31.6 Å². The molecule has 0 aliphatic heterocycles. The SMILES string of the molecule is CCCC[C@H](C)C(=O)OC1CC2CCC1(C)C2(C)C. The van der Waals surface area contributed by atoms with E-state index in [1.165, 1.54) is 12.8 Å². The maximum atomic E-state index is 12.2. The van der Waals surface area contributed by atoms with Crippen LogP contribution in [-0.4, -0.2) is 12.1 Å². The zero-order valence-corrected chi connectivity index (χ0v) is 13.3. The highest BCUT2D eigenvalue weighted by Crippen LogP contribution is 2.66. The molecule has 2 heteroatoms. The van der Waals surface area contributed by atoms with Crippen molar-refractivity contribution in [1.82, 2.24) is 0 Å². The molecule has 2 aliphatic rings. The number of rotatable bonds is 5. The van der Waals surface area contributed by atoms with E-state index in [2.05, 4.69) is 27.7 Å². The second-order valence-electron chi connectivity index (χ2n) is 7.58. The molecule has 2 nitrogen and oxygen atoms in total. The van der Waals surface area contributed by atoms with Gasteiger partial charge in [-0.15, -0.1) is 0 Å². The maximum absolute atomic E-state index is 12.2. The van der Waals surface area contributed by atoms with Crippen LogP contribution in [0, 0.1) is 22.7 Å². The van der Waals surface area contributed by atoms with Crippen molar-refractivity contribution in [3.63, 3.8) is 0 Å². The van der Waals surface area contributed by atoms with Crippen molar-refractivity contribution in [3.05, 3.63) is 0 Å². The molecule has 110 valence electrons. The smallest absolute Gasteiger partial charge is 0.308 e. The molecule has 2 aliphatic carbocycles. The van der Waals surface area contributed by atoms with Crippen LogP contribution in [0.5, 0.6) is 0 Å². The van der Waals surface area contributed by atoms with E-state index in [0.29, 0.717) is 5.41 Å². The van der Waals surface area contributed by atoms with Gasteiger partial charge in [-0.3, -0.25) is 4.79 Å².